The Hall–Kier alpha value is -3.12. The molecular weight excluding hydrogens is 286 g/mol. The van der Waals surface area contributed by atoms with Crippen molar-refractivity contribution in [1.29, 1.82) is 0 Å². The van der Waals surface area contributed by atoms with Crippen molar-refractivity contribution in [3.05, 3.63) is 81.6 Å². The van der Waals surface area contributed by atoms with Crippen molar-refractivity contribution in [2.24, 2.45) is 0 Å². The Labute approximate surface area is 134 Å². The number of aryl methyl sites for hydroxylation is 1. The number of fused-ring (bicyclic) bond motifs is 1. The number of carbonyl (C=O) groups is 1. The van der Waals surface area contributed by atoms with Crippen LogP contribution in [0.1, 0.15) is 21.5 Å². The summed E-state index contributed by atoms with van der Waals surface area (Å²) in [6.07, 6.45) is 0.597. The molecule has 3 heteroatoms. The van der Waals surface area contributed by atoms with Crippen molar-refractivity contribution in [3.63, 3.8) is 0 Å². The van der Waals surface area contributed by atoms with Gasteiger partial charge in [-0.25, -0.2) is 0 Å². The smallest absolute Gasteiger partial charge is 0.262 e. The Morgan fingerprint density at radius 3 is 2.61 bits per heavy atom. The highest BCUT2D eigenvalue weighted by atomic mass is 16.1. The van der Waals surface area contributed by atoms with Gasteiger partial charge in [-0.3, -0.25) is 14.2 Å². The van der Waals surface area contributed by atoms with Crippen molar-refractivity contribution in [3.8, 4) is 11.8 Å². The van der Waals surface area contributed by atoms with Crippen LogP contribution < -0.4 is 5.56 Å². The topological polar surface area (TPSA) is 39.1 Å². The minimum Gasteiger partial charge on any atom is -0.298 e. The standard InChI is InChI=1S/C20H15NO2/c1-15-7-2-3-8-16(15)10-6-12-21-19-11-5-4-9-17(19)13-18(14-22)20(21)23/h2-5,7-9,11,13-14H,12H2,1H3. The molecule has 0 saturated carbocycles. The van der Waals surface area contributed by atoms with Gasteiger partial charge >= 0.3 is 0 Å². The number of nitrogens with zero attached hydrogens (tertiary/aromatic N) is 1. The number of hydrogen-bond donors (Lipinski definition) is 0. The van der Waals surface area contributed by atoms with Crippen LogP contribution in [0.2, 0.25) is 0 Å². The van der Waals surface area contributed by atoms with Gasteiger partial charge < -0.3 is 0 Å². The first-order valence-corrected chi connectivity index (χ1v) is 7.33. The second-order valence-electron chi connectivity index (χ2n) is 5.28. The van der Waals surface area contributed by atoms with E-state index < -0.39 is 0 Å². The van der Waals surface area contributed by atoms with Crippen LogP contribution in [0.15, 0.2) is 59.4 Å². The van der Waals surface area contributed by atoms with Crippen LogP contribution in [-0.4, -0.2) is 10.9 Å². The summed E-state index contributed by atoms with van der Waals surface area (Å²) in [6, 6.07) is 17.0. The van der Waals surface area contributed by atoms with Gasteiger partial charge in [0.15, 0.2) is 6.29 Å². The summed E-state index contributed by atoms with van der Waals surface area (Å²) in [7, 11) is 0. The number of pyridine rings is 1. The van der Waals surface area contributed by atoms with Gasteiger partial charge in [-0.15, -0.1) is 0 Å². The van der Waals surface area contributed by atoms with E-state index in [9.17, 15) is 9.59 Å². The van der Waals surface area contributed by atoms with E-state index in [1.54, 1.807) is 10.6 Å². The molecule has 112 valence electrons. The quantitative estimate of drug-likeness (QED) is 0.539. The second kappa shape index (κ2) is 6.33. The van der Waals surface area contributed by atoms with Crippen LogP contribution in [-0.2, 0) is 6.54 Å². The highest BCUT2D eigenvalue weighted by molar-refractivity contribution is 5.86. The van der Waals surface area contributed by atoms with Gasteiger partial charge in [-0.1, -0.05) is 48.2 Å². The lowest BCUT2D eigenvalue weighted by Crippen LogP contribution is -2.23. The average Bonchev–Trinajstić information content (AvgIpc) is 2.58. The molecule has 1 heterocycles. The van der Waals surface area contributed by atoms with Gasteiger partial charge in [0, 0.05) is 5.56 Å². The molecule has 1 aromatic heterocycles. The summed E-state index contributed by atoms with van der Waals surface area (Å²) < 4.78 is 1.55. The Morgan fingerprint density at radius 1 is 1.09 bits per heavy atom. The molecule has 0 atom stereocenters. The Kier molecular flexibility index (Phi) is 4.07. The molecule has 0 radical (unpaired) electrons. The second-order valence-corrected chi connectivity index (χ2v) is 5.28. The van der Waals surface area contributed by atoms with Crippen LogP contribution in [0.3, 0.4) is 0 Å². The SMILES string of the molecule is Cc1ccccc1C#CCn1c(=O)c(C=O)cc2ccccc21. The van der Waals surface area contributed by atoms with Gasteiger partial charge in [0.25, 0.3) is 5.56 Å². The maximum absolute atomic E-state index is 12.4. The highest BCUT2D eigenvalue weighted by Crippen LogP contribution is 2.12. The van der Waals surface area contributed by atoms with Crippen molar-refractivity contribution < 1.29 is 4.79 Å². The largest absolute Gasteiger partial charge is 0.298 e. The molecule has 0 saturated heterocycles. The molecule has 3 nitrogen and oxygen atoms in total. The van der Waals surface area contributed by atoms with Crippen LogP contribution >= 0.6 is 0 Å². The van der Waals surface area contributed by atoms with Crippen LogP contribution in [0.4, 0.5) is 0 Å². The number of aromatic nitrogens is 1. The molecule has 2 aromatic carbocycles. The van der Waals surface area contributed by atoms with E-state index in [1.165, 1.54) is 0 Å². The third-order valence-corrected chi connectivity index (χ3v) is 3.76. The number of carbonyl (C=O) groups excluding carboxylic acids is 1. The first-order chi connectivity index (χ1) is 11.2. The lowest BCUT2D eigenvalue weighted by atomic mass is 10.1. The lowest BCUT2D eigenvalue weighted by molar-refractivity contribution is 0.112. The zero-order valence-corrected chi connectivity index (χ0v) is 12.7. The molecule has 0 spiro atoms. The van der Waals surface area contributed by atoms with E-state index in [-0.39, 0.29) is 17.7 Å². The zero-order valence-electron chi connectivity index (χ0n) is 12.7. The van der Waals surface area contributed by atoms with Crippen LogP contribution in [0, 0.1) is 18.8 Å². The summed E-state index contributed by atoms with van der Waals surface area (Å²) >= 11 is 0. The fourth-order valence-electron chi connectivity index (χ4n) is 2.52. The zero-order chi connectivity index (χ0) is 16.2. The van der Waals surface area contributed by atoms with E-state index >= 15 is 0 Å². The van der Waals surface area contributed by atoms with Gasteiger partial charge in [0.05, 0.1) is 17.6 Å². The molecule has 0 amide bonds. The normalized spacial score (nSPS) is 10.1. The monoisotopic (exact) mass is 301 g/mol. The van der Waals surface area contributed by atoms with Gasteiger partial charge in [0.1, 0.15) is 0 Å². The summed E-state index contributed by atoms with van der Waals surface area (Å²) in [5.74, 6) is 6.13. The van der Waals surface area contributed by atoms with Crippen LogP contribution in [0.5, 0.6) is 0 Å². The lowest BCUT2D eigenvalue weighted by Gasteiger charge is -2.08. The highest BCUT2D eigenvalue weighted by Gasteiger charge is 2.07. The minimum atomic E-state index is -0.308. The number of aldehydes is 1. The molecule has 3 rings (SSSR count). The van der Waals surface area contributed by atoms with Crippen molar-refractivity contribution >= 4 is 17.2 Å². The molecule has 0 bridgehead atoms. The first kappa shape index (κ1) is 14.8. The minimum absolute atomic E-state index is 0.154. The van der Waals surface area contributed by atoms with Crippen molar-refractivity contribution in [1.82, 2.24) is 4.57 Å². The summed E-state index contributed by atoms with van der Waals surface area (Å²) in [5.41, 5.74) is 2.66. The molecule has 3 aromatic rings. The molecule has 0 aliphatic heterocycles. The predicted octanol–water partition coefficient (Wildman–Crippen LogP) is 3.17. The number of rotatable bonds is 2. The fraction of sp³-hybridized carbons (Fsp3) is 0.100. The van der Waals surface area contributed by atoms with E-state index in [4.69, 9.17) is 0 Å². The van der Waals surface area contributed by atoms with E-state index in [0.29, 0.717) is 6.29 Å². The molecule has 0 unspecified atom stereocenters. The van der Waals surface area contributed by atoms with E-state index in [1.807, 2.05) is 55.5 Å². The van der Waals surface area contributed by atoms with E-state index in [0.717, 1.165) is 22.0 Å². The molecule has 0 aliphatic carbocycles. The predicted molar refractivity (Wildman–Crippen MR) is 91.7 cm³/mol. The average molecular weight is 301 g/mol. The number of para-hydroxylation sites is 1. The molecule has 23 heavy (non-hydrogen) atoms. The number of hydrogen-bond acceptors (Lipinski definition) is 2. The molecule has 0 aliphatic rings. The maximum atomic E-state index is 12.4. The third-order valence-electron chi connectivity index (χ3n) is 3.76. The van der Waals surface area contributed by atoms with E-state index in [2.05, 4.69) is 11.8 Å². The molecule has 0 fully saturated rings. The number of benzene rings is 2. The molecule has 0 N–H and O–H groups in total. The Morgan fingerprint density at radius 2 is 1.83 bits per heavy atom. The molecular formula is C20H15NO2. The van der Waals surface area contributed by atoms with Gasteiger partial charge in [-0.2, -0.15) is 0 Å². The third kappa shape index (κ3) is 2.93. The van der Waals surface area contributed by atoms with Crippen molar-refractivity contribution in [2.75, 3.05) is 0 Å². The summed E-state index contributed by atoms with van der Waals surface area (Å²) in [6.45, 7) is 2.24. The summed E-state index contributed by atoms with van der Waals surface area (Å²) in [5, 5.41) is 0.854. The Bertz CT molecular complexity index is 1000. The van der Waals surface area contributed by atoms with Crippen LogP contribution in [0.25, 0.3) is 10.9 Å². The van der Waals surface area contributed by atoms with Crippen molar-refractivity contribution in [2.45, 2.75) is 13.5 Å². The Balaban J connectivity index is 2.07. The summed E-state index contributed by atoms with van der Waals surface area (Å²) in [4.78, 5) is 23.5. The maximum Gasteiger partial charge on any atom is 0.262 e. The van der Waals surface area contributed by atoms with Gasteiger partial charge in [0.2, 0.25) is 0 Å². The van der Waals surface area contributed by atoms with Gasteiger partial charge in [-0.05, 0) is 36.1 Å². The first-order valence-electron chi connectivity index (χ1n) is 7.33. The fourth-order valence-corrected chi connectivity index (χ4v) is 2.52.